The average molecular weight is 293 g/mol. The molecule has 1 fully saturated rings. The summed E-state index contributed by atoms with van der Waals surface area (Å²) in [6, 6.07) is 4.58. The topological polar surface area (TPSA) is 54.4 Å². The number of carboxylic acids is 1. The van der Waals surface area contributed by atoms with Crippen molar-refractivity contribution in [2.45, 2.75) is 23.0 Å². The van der Waals surface area contributed by atoms with Gasteiger partial charge in [-0.05, 0) is 37.0 Å². The van der Waals surface area contributed by atoms with E-state index in [1.807, 2.05) is 0 Å². The Bertz CT molecular complexity index is 486. The van der Waals surface area contributed by atoms with Gasteiger partial charge in [-0.1, -0.05) is 23.2 Å². The van der Waals surface area contributed by atoms with Crippen LogP contribution in [-0.4, -0.2) is 20.5 Å². The monoisotopic (exact) mass is 292 g/mol. The summed E-state index contributed by atoms with van der Waals surface area (Å²) in [6.07, 6.45) is 1.61. The maximum absolute atomic E-state index is 12.2. The Morgan fingerprint density at radius 1 is 1.41 bits per heavy atom. The molecule has 1 aliphatic rings. The SMILES string of the molecule is O=C(O)C(C1CC1)S(=O)c1cc(Cl)ccc1Cl. The zero-order valence-electron chi connectivity index (χ0n) is 8.73. The van der Waals surface area contributed by atoms with E-state index in [0.717, 1.165) is 12.8 Å². The van der Waals surface area contributed by atoms with Crippen molar-refractivity contribution in [3.63, 3.8) is 0 Å². The molecular formula is C11H10Cl2O3S. The fraction of sp³-hybridized carbons (Fsp3) is 0.364. The Morgan fingerprint density at radius 3 is 2.59 bits per heavy atom. The maximum atomic E-state index is 12.2. The first-order valence-electron chi connectivity index (χ1n) is 5.09. The molecule has 17 heavy (non-hydrogen) atoms. The maximum Gasteiger partial charge on any atom is 0.319 e. The third-order valence-corrected chi connectivity index (χ3v) is 5.13. The summed E-state index contributed by atoms with van der Waals surface area (Å²) in [5, 5.41) is 8.92. The van der Waals surface area contributed by atoms with E-state index >= 15 is 0 Å². The highest BCUT2D eigenvalue weighted by Crippen LogP contribution is 2.38. The molecule has 0 bridgehead atoms. The minimum atomic E-state index is -1.66. The molecule has 1 saturated carbocycles. The number of carboxylic acid groups (broad SMARTS) is 1. The molecule has 1 aromatic carbocycles. The lowest BCUT2D eigenvalue weighted by molar-refractivity contribution is -0.136. The van der Waals surface area contributed by atoms with Crippen molar-refractivity contribution < 1.29 is 14.1 Å². The zero-order chi connectivity index (χ0) is 12.6. The van der Waals surface area contributed by atoms with Crippen LogP contribution < -0.4 is 0 Å². The Balaban J connectivity index is 2.34. The number of halogens is 2. The van der Waals surface area contributed by atoms with Gasteiger partial charge < -0.3 is 5.11 Å². The second kappa shape index (κ2) is 4.96. The summed E-state index contributed by atoms with van der Waals surface area (Å²) < 4.78 is 12.2. The van der Waals surface area contributed by atoms with Crippen LogP contribution >= 0.6 is 23.2 Å². The Hall–Kier alpha value is -0.580. The van der Waals surface area contributed by atoms with Crippen LogP contribution in [0.2, 0.25) is 10.0 Å². The van der Waals surface area contributed by atoms with Crippen LogP contribution in [-0.2, 0) is 15.6 Å². The summed E-state index contributed by atoms with van der Waals surface area (Å²) >= 11 is 11.7. The van der Waals surface area contributed by atoms with Gasteiger partial charge in [-0.3, -0.25) is 9.00 Å². The molecule has 3 nitrogen and oxygen atoms in total. The van der Waals surface area contributed by atoms with Crippen LogP contribution in [0.25, 0.3) is 0 Å². The van der Waals surface area contributed by atoms with Gasteiger partial charge in [-0.25, -0.2) is 0 Å². The predicted molar refractivity (Wildman–Crippen MR) is 67.0 cm³/mol. The molecule has 2 rings (SSSR count). The van der Waals surface area contributed by atoms with Gasteiger partial charge in [0.2, 0.25) is 0 Å². The van der Waals surface area contributed by atoms with Crippen molar-refractivity contribution in [1.29, 1.82) is 0 Å². The highest BCUT2D eigenvalue weighted by Gasteiger charge is 2.41. The predicted octanol–water partition coefficient (Wildman–Crippen LogP) is 2.96. The van der Waals surface area contributed by atoms with E-state index in [0.29, 0.717) is 14.9 Å². The van der Waals surface area contributed by atoms with E-state index in [1.165, 1.54) is 12.1 Å². The lowest BCUT2D eigenvalue weighted by atomic mass is 10.3. The van der Waals surface area contributed by atoms with Crippen LogP contribution in [0, 0.1) is 5.92 Å². The second-order valence-electron chi connectivity index (χ2n) is 3.97. The quantitative estimate of drug-likeness (QED) is 0.928. The summed E-state index contributed by atoms with van der Waals surface area (Å²) in [5.74, 6) is -1.05. The number of hydrogen-bond donors (Lipinski definition) is 1. The summed E-state index contributed by atoms with van der Waals surface area (Å²) in [5.41, 5.74) is 0. The first kappa shape index (κ1) is 12.9. The molecule has 0 aromatic heterocycles. The number of benzene rings is 1. The van der Waals surface area contributed by atoms with Crippen LogP contribution in [0.1, 0.15) is 12.8 Å². The summed E-state index contributed by atoms with van der Waals surface area (Å²) in [6.45, 7) is 0. The van der Waals surface area contributed by atoms with Gasteiger partial charge in [0.25, 0.3) is 0 Å². The first-order valence-corrected chi connectivity index (χ1v) is 7.06. The first-order chi connectivity index (χ1) is 8.00. The molecule has 0 heterocycles. The zero-order valence-corrected chi connectivity index (χ0v) is 11.1. The molecule has 0 aliphatic heterocycles. The van der Waals surface area contributed by atoms with Crippen LogP contribution in [0.4, 0.5) is 0 Å². The van der Waals surface area contributed by atoms with Gasteiger partial charge in [0.05, 0.1) is 20.7 Å². The minimum Gasteiger partial charge on any atom is -0.480 e. The molecular weight excluding hydrogens is 283 g/mol. The van der Waals surface area contributed by atoms with Gasteiger partial charge in [-0.2, -0.15) is 0 Å². The van der Waals surface area contributed by atoms with Crippen molar-refractivity contribution in [2.75, 3.05) is 0 Å². The minimum absolute atomic E-state index is 0.0108. The van der Waals surface area contributed by atoms with E-state index in [-0.39, 0.29) is 5.92 Å². The molecule has 2 atom stereocenters. The Morgan fingerprint density at radius 2 is 2.06 bits per heavy atom. The van der Waals surface area contributed by atoms with Crippen LogP contribution in [0.15, 0.2) is 23.1 Å². The fourth-order valence-electron chi connectivity index (χ4n) is 1.64. The normalized spacial score (nSPS) is 18.7. The number of carbonyl (C=O) groups is 1. The molecule has 0 spiro atoms. The second-order valence-corrected chi connectivity index (χ2v) is 6.35. The lowest BCUT2D eigenvalue weighted by Gasteiger charge is -2.12. The van der Waals surface area contributed by atoms with Crippen molar-refractivity contribution in [2.24, 2.45) is 5.92 Å². The van der Waals surface area contributed by atoms with Crippen molar-refractivity contribution in [3.05, 3.63) is 28.2 Å². The molecule has 0 saturated heterocycles. The van der Waals surface area contributed by atoms with Gasteiger partial charge in [0, 0.05) is 5.02 Å². The third-order valence-electron chi connectivity index (χ3n) is 2.63. The number of rotatable bonds is 4. The van der Waals surface area contributed by atoms with Gasteiger partial charge in [0.15, 0.2) is 0 Å². The van der Waals surface area contributed by atoms with Crippen LogP contribution in [0.3, 0.4) is 0 Å². The average Bonchev–Trinajstić information content (AvgIpc) is 3.05. The van der Waals surface area contributed by atoms with Crippen molar-refractivity contribution in [3.8, 4) is 0 Å². The molecule has 6 heteroatoms. The Kier molecular flexibility index (Phi) is 3.76. The van der Waals surface area contributed by atoms with E-state index in [2.05, 4.69) is 0 Å². The summed E-state index contributed by atoms with van der Waals surface area (Å²) in [7, 11) is -1.66. The molecule has 0 amide bonds. The number of hydrogen-bond acceptors (Lipinski definition) is 2. The largest absolute Gasteiger partial charge is 0.480 e. The molecule has 2 unspecified atom stereocenters. The molecule has 1 aliphatic carbocycles. The van der Waals surface area contributed by atoms with E-state index in [4.69, 9.17) is 28.3 Å². The van der Waals surface area contributed by atoms with Gasteiger partial charge >= 0.3 is 5.97 Å². The smallest absolute Gasteiger partial charge is 0.319 e. The Labute approximate surface area is 111 Å². The highest BCUT2D eigenvalue weighted by molar-refractivity contribution is 7.86. The molecule has 92 valence electrons. The van der Waals surface area contributed by atoms with Crippen molar-refractivity contribution >= 4 is 40.0 Å². The summed E-state index contributed by atoms with van der Waals surface area (Å²) in [4.78, 5) is 11.4. The van der Waals surface area contributed by atoms with E-state index < -0.39 is 22.0 Å². The number of aliphatic carboxylic acids is 1. The standard InChI is InChI=1S/C11H10Cl2O3S/c12-7-3-4-8(13)9(5-7)17(16)10(11(14)15)6-1-2-6/h3-6,10H,1-2H2,(H,14,15). The third kappa shape index (κ3) is 2.81. The molecule has 1 aromatic rings. The molecule has 0 radical (unpaired) electrons. The van der Waals surface area contributed by atoms with Crippen molar-refractivity contribution in [1.82, 2.24) is 0 Å². The van der Waals surface area contributed by atoms with Gasteiger partial charge in [-0.15, -0.1) is 0 Å². The molecule has 1 N–H and O–H groups in total. The van der Waals surface area contributed by atoms with Gasteiger partial charge in [0.1, 0.15) is 5.25 Å². The van der Waals surface area contributed by atoms with Crippen LogP contribution in [0.5, 0.6) is 0 Å². The van der Waals surface area contributed by atoms with E-state index in [1.54, 1.807) is 6.07 Å². The lowest BCUT2D eigenvalue weighted by Crippen LogP contribution is -2.28. The van der Waals surface area contributed by atoms with E-state index in [9.17, 15) is 9.00 Å². The fourth-order valence-corrected chi connectivity index (χ4v) is 3.80. The highest BCUT2D eigenvalue weighted by atomic mass is 35.5.